The molecule has 0 saturated carbocycles. The second-order valence-corrected chi connectivity index (χ2v) is 5.79. The molecule has 1 heterocycles. The molecule has 1 rings (SSSR count). The minimum absolute atomic E-state index is 0.0792. The maximum atomic E-state index is 11.5. The molecule has 1 amide bonds. The van der Waals surface area contributed by atoms with Gasteiger partial charge in [0.2, 0.25) is 0 Å². The predicted octanol–water partition coefficient (Wildman–Crippen LogP) is 0.873. The van der Waals surface area contributed by atoms with E-state index in [1.165, 1.54) is 0 Å². The molecule has 100 valence electrons. The summed E-state index contributed by atoms with van der Waals surface area (Å²) in [5.74, 6) is 0. The number of ether oxygens (including phenoxy) is 1. The molecule has 0 spiro atoms. The van der Waals surface area contributed by atoms with E-state index in [2.05, 4.69) is 10.6 Å². The average Bonchev–Trinajstić information content (AvgIpc) is 2.25. The van der Waals surface area contributed by atoms with Crippen molar-refractivity contribution in [1.82, 2.24) is 10.6 Å². The molecule has 0 aromatic heterocycles. The van der Waals surface area contributed by atoms with Crippen molar-refractivity contribution in [2.24, 2.45) is 5.41 Å². The van der Waals surface area contributed by atoms with Gasteiger partial charge < -0.3 is 20.5 Å². The highest BCUT2D eigenvalue weighted by Gasteiger charge is 2.32. The summed E-state index contributed by atoms with van der Waals surface area (Å²) in [5.41, 5.74) is -0.726. The van der Waals surface area contributed by atoms with Crippen molar-refractivity contribution in [2.45, 2.75) is 39.2 Å². The van der Waals surface area contributed by atoms with Gasteiger partial charge in [0.05, 0.1) is 6.61 Å². The first kappa shape index (κ1) is 14.3. The molecular weight excluding hydrogens is 220 g/mol. The van der Waals surface area contributed by atoms with Crippen molar-refractivity contribution in [3.05, 3.63) is 0 Å². The van der Waals surface area contributed by atoms with Gasteiger partial charge in [-0.05, 0) is 40.2 Å². The van der Waals surface area contributed by atoms with Crippen molar-refractivity contribution >= 4 is 6.09 Å². The third-order valence-corrected chi connectivity index (χ3v) is 2.90. The Labute approximate surface area is 103 Å². The van der Waals surface area contributed by atoms with Crippen LogP contribution in [0.1, 0.15) is 33.6 Å². The van der Waals surface area contributed by atoms with Gasteiger partial charge in [-0.2, -0.15) is 0 Å². The molecule has 1 fully saturated rings. The summed E-state index contributed by atoms with van der Waals surface area (Å²) in [4.78, 5) is 11.5. The molecule has 1 aliphatic heterocycles. The molecule has 0 aromatic rings. The summed E-state index contributed by atoms with van der Waals surface area (Å²) in [7, 11) is 0. The van der Waals surface area contributed by atoms with Gasteiger partial charge in [0.25, 0.3) is 0 Å². The minimum Gasteiger partial charge on any atom is -0.444 e. The van der Waals surface area contributed by atoms with Crippen molar-refractivity contribution in [3.8, 4) is 0 Å². The van der Waals surface area contributed by atoms with E-state index >= 15 is 0 Å². The van der Waals surface area contributed by atoms with Crippen molar-refractivity contribution in [3.63, 3.8) is 0 Å². The van der Waals surface area contributed by atoms with Crippen LogP contribution in [0.3, 0.4) is 0 Å². The van der Waals surface area contributed by atoms with Crippen molar-refractivity contribution in [2.75, 3.05) is 26.2 Å². The third kappa shape index (κ3) is 4.91. The number of piperidine rings is 1. The van der Waals surface area contributed by atoms with Gasteiger partial charge in [-0.25, -0.2) is 4.79 Å². The Balaban J connectivity index is 2.39. The summed E-state index contributed by atoms with van der Waals surface area (Å²) in [5, 5.41) is 15.4. The Morgan fingerprint density at radius 1 is 1.53 bits per heavy atom. The van der Waals surface area contributed by atoms with Crippen LogP contribution in [0.5, 0.6) is 0 Å². The number of aliphatic hydroxyl groups excluding tert-OH is 1. The fourth-order valence-electron chi connectivity index (χ4n) is 1.95. The third-order valence-electron chi connectivity index (χ3n) is 2.90. The van der Waals surface area contributed by atoms with E-state index in [1.54, 1.807) is 0 Å². The second-order valence-electron chi connectivity index (χ2n) is 5.79. The van der Waals surface area contributed by atoms with Crippen LogP contribution in [0.15, 0.2) is 0 Å². The molecular formula is C12H24N2O3. The smallest absolute Gasteiger partial charge is 0.407 e. The highest BCUT2D eigenvalue weighted by Crippen LogP contribution is 2.24. The number of carbonyl (C=O) groups is 1. The normalized spacial score (nSPS) is 25.4. The Morgan fingerprint density at radius 3 is 2.71 bits per heavy atom. The predicted molar refractivity (Wildman–Crippen MR) is 65.9 cm³/mol. The molecule has 0 aromatic carbocycles. The molecule has 0 aliphatic carbocycles. The van der Waals surface area contributed by atoms with Gasteiger partial charge in [0, 0.05) is 18.5 Å². The first-order valence-corrected chi connectivity index (χ1v) is 6.15. The Bertz CT molecular complexity index is 255. The zero-order chi connectivity index (χ0) is 12.9. The molecule has 3 N–H and O–H groups in total. The molecule has 5 nitrogen and oxygen atoms in total. The number of amides is 1. The first-order chi connectivity index (χ1) is 7.87. The Hall–Kier alpha value is -0.810. The van der Waals surface area contributed by atoms with Crippen LogP contribution < -0.4 is 10.6 Å². The number of hydrogen-bond donors (Lipinski definition) is 3. The average molecular weight is 244 g/mol. The topological polar surface area (TPSA) is 70.6 Å². The standard InChI is InChI=1S/C12H24N2O3/c1-11(2,3)17-10(16)14-8-12(9-15)5-4-6-13-7-12/h13,15H,4-9H2,1-3H3,(H,14,16). The number of aliphatic hydroxyl groups is 1. The lowest BCUT2D eigenvalue weighted by molar-refractivity contribution is 0.0436. The van der Waals surface area contributed by atoms with Gasteiger partial charge in [0.15, 0.2) is 0 Å². The largest absolute Gasteiger partial charge is 0.444 e. The zero-order valence-corrected chi connectivity index (χ0v) is 11.0. The molecule has 0 radical (unpaired) electrons. The number of nitrogens with one attached hydrogen (secondary N) is 2. The van der Waals surface area contributed by atoms with E-state index in [9.17, 15) is 9.90 Å². The summed E-state index contributed by atoms with van der Waals surface area (Å²) in [6.07, 6.45) is 1.53. The van der Waals surface area contributed by atoms with E-state index in [4.69, 9.17) is 4.74 Å². The lowest BCUT2D eigenvalue weighted by Gasteiger charge is -2.36. The zero-order valence-electron chi connectivity index (χ0n) is 11.0. The Kier molecular flexibility index (Phi) is 4.77. The number of alkyl carbamates (subject to hydrolysis) is 1. The van der Waals surface area contributed by atoms with Crippen LogP contribution in [0.25, 0.3) is 0 Å². The van der Waals surface area contributed by atoms with Gasteiger partial charge in [-0.15, -0.1) is 0 Å². The van der Waals surface area contributed by atoms with Crippen LogP contribution in [0.4, 0.5) is 4.79 Å². The fourth-order valence-corrected chi connectivity index (χ4v) is 1.95. The van der Waals surface area contributed by atoms with Crippen LogP contribution >= 0.6 is 0 Å². The monoisotopic (exact) mass is 244 g/mol. The summed E-state index contributed by atoms with van der Waals surface area (Å²) < 4.78 is 5.17. The van der Waals surface area contributed by atoms with Crippen molar-refractivity contribution < 1.29 is 14.6 Å². The number of hydrogen-bond acceptors (Lipinski definition) is 4. The molecule has 0 bridgehead atoms. The Morgan fingerprint density at radius 2 is 2.24 bits per heavy atom. The lowest BCUT2D eigenvalue weighted by Crippen LogP contribution is -2.50. The van der Waals surface area contributed by atoms with Crippen LogP contribution in [0, 0.1) is 5.41 Å². The summed E-state index contributed by atoms with van der Waals surface area (Å²) >= 11 is 0. The van der Waals surface area contributed by atoms with Gasteiger partial charge in [0.1, 0.15) is 5.60 Å². The quantitative estimate of drug-likeness (QED) is 0.689. The van der Waals surface area contributed by atoms with E-state index in [0.29, 0.717) is 6.54 Å². The summed E-state index contributed by atoms with van der Waals surface area (Å²) in [6.45, 7) is 7.73. The summed E-state index contributed by atoms with van der Waals surface area (Å²) in [6, 6.07) is 0. The SMILES string of the molecule is CC(C)(C)OC(=O)NCC1(CO)CCCNC1. The van der Waals surface area contributed by atoms with Gasteiger partial charge in [-0.1, -0.05) is 0 Å². The van der Waals surface area contributed by atoms with Crippen molar-refractivity contribution in [1.29, 1.82) is 0 Å². The van der Waals surface area contributed by atoms with E-state index < -0.39 is 11.7 Å². The lowest BCUT2D eigenvalue weighted by atomic mass is 9.81. The van der Waals surface area contributed by atoms with Crippen LogP contribution in [-0.4, -0.2) is 43.0 Å². The first-order valence-electron chi connectivity index (χ1n) is 6.15. The second kappa shape index (κ2) is 5.69. The molecule has 1 atom stereocenters. The highest BCUT2D eigenvalue weighted by molar-refractivity contribution is 5.67. The molecule has 1 aliphatic rings. The van der Waals surface area contributed by atoms with E-state index in [-0.39, 0.29) is 12.0 Å². The minimum atomic E-state index is -0.485. The molecule has 17 heavy (non-hydrogen) atoms. The molecule has 1 saturated heterocycles. The van der Waals surface area contributed by atoms with Gasteiger partial charge in [-0.3, -0.25) is 0 Å². The molecule has 1 unspecified atom stereocenters. The fraction of sp³-hybridized carbons (Fsp3) is 0.917. The van der Waals surface area contributed by atoms with E-state index in [0.717, 1.165) is 25.9 Å². The van der Waals surface area contributed by atoms with Crippen LogP contribution in [0.2, 0.25) is 0 Å². The molecule has 5 heteroatoms. The van der Waals surface area contributed by atoms with E-state index in [1.807, 2.05) is 20.8 Å². The maximum absolute atomic E-state index is 11.5. The highest BCUT2D eigenvalue weighted by atomic mass is 16.6. The maximum Gasteiger partial charge on any atom is 0.407 e. The van der Waals surface area contributed by atoms with Gasteiger partial charge >= 0.3 is 6.09 Å². The number of carbonyl (C=O) groups excluding carboxylic acids is 1. The number of rotatable bonds is 3. The van der Waals surface area contributed by atoms with Crippen LogP contribution in [-0.2, 0) is 4.74 Å².